The monoisotopic (exact) mass is 369 g/mol. The Morgan fingerprint density at radius 1 is 1.29 bits per heavy atom. The maximum atomic E-state index is 14.5. The molecular formula is C18H18Cl2FNO2. The van der Waals surface area contributed by atoms with E-state index in [2.05, 4.69) is 0 Å². The molecule has 2 rings (SSSR count). The van der Waals surface area contributed by atoms with E-state index < -0.39 is 17.8 Å². The van der Waals surface area contributed by atoms with E-state index in [1.165, 1.54) is 0 Å². The summed E-state index contributed by atoms with van der Waals surface area (Å²) < 4.78 is 19.4. The average molecular weight is 370 g/mol. The Labute approximate surface area is 150 Å². The Morgan fingerprint density at radius 3 is 2.50 bits per heavy atom. The predicted octanol–water partition coefficient (Wildman–Crippen LogP) is 5.06. The fraction of sp³-hybridized carbons (Fsp3) is 0.278. The van der Waals surface area contributed by atoms with E-state index in [1.54, 1.807) is 44.2 Å². The number of carbonyl (C=O) groups excluding carboxylic acids is 1. The molecule has 1 atom stereocenters. The molecule has 0 aliphatic carbocycles. The minimum Gasteiger partial charge on any atom is -0.466 e. The van der Waals surface area contributed by atoms with Gasteiger partial charge in [0.15, 0.2) is 0 Å². The summed E-state index contributed by atoms with van der Waals surface area (Å²) >= 11 is 12.5. The number of halogens is 3. The third kappa shape index (κ3) is 4.07. The highest BCUT2D eigenvalue weighted by molar-refractivity contribution is 6.39. The fourth-order valence-electron chi connectivity index (χ4n) is 2.49. The highest BCUT2D eigenvalue weighted by atomic mass is 35.5. The van der Waals surface area contributed by atoms with Crippen molar-refractivity contribution in [2.75, 3.05) is 6.61 Å². The van der Waals surface area contributed by atoms with Crippen molar-refractivity contribution in [1.29, 1.82) is 0 Å². The van der Waals surface area contributed by atoms with Crippen molar-refractivity contribution in [3.63, 3.8) is 0 Å². The highest BCUT2D eigenvalue weighted by Gasteiger charge is 2.20. The molecule has 6 heteroatoms. The van der Waals surface area contributed by atoms with Crippen LogP contribution in [-0.2, 0) is 9.53 Å². The summed E-state index contributed by atoms with van der Waals surface area (Å²) in [5.41, 5.74) is 7.90. The van der Waals surface area contributed by atoms with Gasteiger partial charge in [0.05, 0.1) is 13.0 Å². The Balaban J connectivity index is 2.47. The van der Waals surface area contributed by atoms with Crippen molar-refractivity contribution in [1.82, 2.24) is 0 Å². The van der Waals surface area contributed by atoms with Crippen molar-refractivity contribution in [3.05, 3.63) is 57.3 Å². The fourth-order valence-corrected chi connectivity index (χ4v) is 3.11. The van der Waals surface area contributed by atoms with E-state index in [9.17, 15) is 9.18 Å². The van der Waals surface area contributed by atoms with Gasteiger partial charge in [0.2, 0.25) is 0 Å². The number of rotatable bonds is 5. The van der Waals surface area contributed by atoms with Gasteiger partial charge in [-0.2, -0.15) is 0 Å². The van der Waals surface area contributed by atoms with Crippen molar-refractivity contribution in [3.8, 4) is 11.1 Å². The van der Waals surface area contributed by atoms with Gasteiger partial charge in [0, 0.05) is 27.2 Å². The number of ether oxygens (including phenoxy) is 1. The summed E-state index contributed by atoms with van der Waals surface area (Å²) in [4.78, 5) is 11.6. The molecule has 0 amide bonds. The van der Waals surface area contributed by atoms with Gasteiger partial charge in [-0.05, 0) is 49.2 Å². The van der Waals surface area contributed by atoms with Gasteiger partial charge in [0.1, 0.15) is 5.82 Å². The largest absolute Gasteiger partial charge is 0.466 e. The molecular weight excluding hydrogens is 352 g/mol. The van der Waals surface area contributed by atoms with Gasteiger partial charge in [-0.1, -0.05) is 29.3 Å². The van der Waals surface area contributed by atoms with E-state index in [1.807, 2.05) is 0 Å². The van der Waals surface area contributed by atoms with Crippen LogP contribution < -0.4 is 5.73 Å². The Hall–Kier alpha value is -1.62. The van der Waals surface area contributed by atoms with Crippen molar-refractivity contribution in [2.45, 2.75) is 26.3 Å². The first-order valence-corrected chi connectivity index (χ1v) is 8.26. The van der Waals surface area contributed by atoms with Gasteiger partial charge in [-0.3, -0.25) is 4.79 Å². The van der Waals surface area contributed by atoms with Crippen LogP contribution in [0.2, 0.25) is 10.0 Å². The van der Waals surface area contributed by atoms with Crippen molar-refractivity contribution < 1.29 is 13.9 Å². The minimum absolute atomic E-state index is 0.107. The molecule has 2 aromatic rings. The van der Waals surface area contributed by atoms with Crippen LogP contribution in [0.15, 0.2) is 30.3 Å². The Bertz CT molecular complexity index is 745. The number of aryl methyl sites for hydroxylation is 1. The number of hydrogen-bond donors (Lipinski definition) is 1. The van der Waals surface area contributed by atoms with Crippen molar-refractivity contribution in [2.24, 2.45) is 5.73 Å². The SMILES string of the molecule is CCOC(=O)CC(N)c1cc(-c2c(Cl)cccc2Cl)cc(C)c1F. The summed E-state index contributed by atoms with van der Waals surface area (Å²) in [6.45, 7) is 3.58. The van der Waals surface area contributed by atoms with Crippen molar-refractivity contribution >= 4 is 29.2 Å². The standard InChI is InChI=1S/C18H18Cl2FNO2/c1-3-24-16(23)9-15(22)12-8-11(7-10(2)18(12)21)17-13(19)5-4-6-14(17)20/h4-8,15H,3,9,22H2,1-2H3. The lowest BCUT2D eigenvalue weighted by Gasteiger charge is -2.17. The van der Waals surface area contributed by atoms with Crippen LogP contribution in [0.4, 0.5) is 4.39 Å². The molecule has 128 valence electrons. The first-order chi connectivity index (χ1) is 11.3. The maximum absolute atomic E-state index is 14.5. The first kappa shape index (κ1) is 18.7. The first-order valence-electron chi connectivity index (χ1n) is 7.50. The summed E-state index contributed by atoms with van der Waals surface area (Å²) in [5, 5.41) is 0.914. The predicted molar refractivity (Wildman–Crippen MR) is 94.8 cm³/mol. The average Bonchev–Trinajstić information content (AvgIpc) is 2.50. The molecule has 0 heterocycles. The van der Waals surface area contributed by atoms with Gasteiger partial charge in [-0.15, -0.1) is 0 Å². The number of benzene rings is 2. The Morgan fingerprint density at radius 2 is 1.92 bits per heavy atom. The quantitative estimate of drug-likeness (QED) is 0.749. The molecule has 0 aliphatic rings. The molecule has 1 unspecified atom stereocenters. The minimum atomic E-state index is -0.816. The lowest BCUT2D eigenvalue weighted by atomic mass is 9.95. The van der Waals surface area contributed by atoms with E-state index in [4.69, 9.17) is 33.7 Å². The summed E-state index contributed by atoms with van der Waals surface area (Å²) in [6.07, 6.45) is -0.107. The van der Waals surface area contributed by atoms with Crippen LogP contribution in [0.3, 0.4) is 0 Å². The molecule has 0 saturated carbocycles. The number of carbonyl (C=O) groups is 1. The lowest BCUT2D eigenvalue weighted by Crippen LogP contribution is -2.19. The molecule has 24 heavy (non-hydrogen) atoms. The third-order valence-electron chi connectivity index (χ3n) is 3.63. The zero-order valence-corrected chi connectivity index (χ0v) is 14.9. The van der Waals surface area contributed by atoms with Gasteiger partial charge < -0.3 is 10.5 Å². The second-order valence-corrected chi connectivity index (χ2v) is 6.22. The summed E-state index contributed by atoms with van der Waals surface area (Å²) in [6, 6.07) is 7.57. The zero-order valence-electron chi connectivity index (χ0n) is 13.4. The normalized spacial score (nSPS) is 12.1. The highest BCUT2D eigenvalue weighted by Crippen LogP contribution is 2.37. The molecule has 0 fully saturated rings. The molecule has 0 bridgehead atoms. The third-order valence-corrected chi connectivity index (χ3v) is 4.26. The maximum Gasteiger partial charge on any atom is 0.307 e. The number of esters is 1. The molecule has 2 N–H and O–H groups in total. The molecule has 0 aromatic heterocycles. The van der Waals surface area contributed by atoms with E-state index in [-0.39, 0.29) is 18.6 Å². The summed E-state index contributed by atoms with van der Waals surface area (Å²) in [7, 11) is 0. The van der Waals surface area contributed by atoms with Crippen LogP contribution in [0.5, 0.6) is 0 Å². The van der Waals surface area contributed by atoms with E-state index in [0.29, 0.717) is 26.7 Å². The second-order valence-electron chi connectivity index (χ2n) is 5.41. The molecule has 0 saturated heterocycles. The van der Waals surface area contributed by atoms with E-state index >= 15 is 0 Å². The number of nitrogens with two attached hydrogens (primary N) is 1. The van der Waals surface area contributed by atoms with Gasteiger partial charge >= 0.3 is 5.97 Å². The number of hydrogen-bond acceptors (Lipinski definition) is 3. The molecule has 0 aliphatic heterocycles. The molecule has 0 radical (unpaired) electrons. The van der Waals surface area contributed by atoms with Crippen LogP contribution in [0.25, 0.3) is 11.1 Å². The zero-order chi connectivity index (χ0) is 17.9. The second kappa shape index (κ2) is 7.97. The van der Waals surface area contributed by atoms with Crippen LogP contribution in [0.1, 0.15) is 30.5 Å². The smallest absolute Gasteiger partial charge is 0.307 e. The molecule has 3 nitrogen and oxygen atoms in total. The van der Waals surface area contributed by atoms with Gasteiger partial charge in [-0.25, -0.2) is 4.39 Å². The molecule has 2 aromatic carbocycles. The van der Waals surface area contributed by atoms with Crippen LogP contribution >= 0.6 is 23.2 Å². The van der Waals surface area contributed by atoms with Crippen LogP contribution in [0, 0.1) is 12.7 Å². The van der Waals surface area contributed by atoms with E-state index in [0.717, 1.165) is 0 Å². The lowest BCUT2D eigenvalue weighted by molar-refractivity contribution is -0.143. The van der Waals surface area contributed by atoms with Crippen LogP contribution in [-0.4, -0.2) is 12.6 Å². The molecule has 0 spiro atoms. The topological polar surface area (TPSA) is 52.3 Å². The Kier molecular flexibility index (Phi) is 6.21. The summed E-state index contributed by atoms with van der Waals surface area (Å²) in [5.74, 6) is -0.915. The van der Waals surface area contributed by atoms with Gasteiger partial charge in [0.25, 0.3) is 0 Å².